The van der Waals surface area contributed by atoms with Gasteiger partial charge in [0, 0.05) is 13.0 Å². The molecule has 6 heteroatoms. The van der Waals surface area contributed by atoms with E-state index >= 15 is 0 Å². The van der Waals surface area contributed by atoms with Crippen molar-refractivity contribution in [2.45, 2.75) is 85.3 Å². The molecule has 0 aromatic heterocycles. The number of nitrogens with zero attached hydrogens (tertiary/aromatic N) is 1. The van der Waals surface area contributed by atoms with Crippen LogP contribution in [-0.4, -0.2) is 51.1 Å². The SMILES string of the molecule is CCCC[N+](CCCC)(CCCC)C(CCC)OS(=O)(=O)CCN. The zero-order chi connectivity index (χ0) is 18.5. The van der Waals surface area contributed by atoms with Crippen molar-refractivity contribution in [1.82, 2.24) is 0 Å². The first-order chi connectivity index (χ1) is 11.4. The van der Waals surface area contributed by atoms with Gasteiger partial charge < -0.3 is 5.73 Å². The molecule has 146 valence electrons. The molecule has 0 aromatic rings. The van der Waals surface area contributed by atoms with Gasteiger partial charge in [0.2, 0.25) is 6.23 Å². The fourth-order valence-corrected chi connectivity index (χ4v) is 4.21. The highest BCUT2D eigenvalue weighted by atomic mass is 32.2. The van der Waals surface area contributed by atoms with Crippen LogP contribution in [0.4, 0.5) is 0 Å². The van der Waals surface area contributed by atoms with E-state index in [1.807, 2.05) is 0 Å². The van der Waals surface area contributed by atoms with Crippen molar-refractivity contribution in [2.24, 2.45) is 5.73 Å². The number of quaternary nitrogens is 1. The van der Waals surface area contributed by atoms with E-state index in [9.17, 15) is 8.42 Å². The molecule has 1 atom stereocenters. The Morgan fingerprint density at radius 1 is 0.875 bits per heavy atom. The molecule has 1 unspecified atom stereocenters. The van der Waals surface area contributed by atoms with Crippen LogP contribution in [0.15, 0.2) is 0 Å². The lowest BCUT2D eigenvalue weighted by molar-refractivity contribution is -0.969. The minimum atomic E-state index is -3.55. The van der Waals surface area contributed by atoms with E-state index in [1.54, 1.807) is 0 Å². The van der Waals surface area contributed by atoms with E-state index in [-0.39, 0.29) is 18.5 Å². The van der Waals surface area contributed by atoms with Gasteiger partial charge in [-0.1, -0.05) is 47.0 Å². The molecule has 0 aliphatic carbocycles. The second-order valence-corrected chi connectivity index (χ2v) is 8.56. The molecule has 0 rings (SSSR count). The topological polar surface area (TPSA) is 69.4 Å². The van der Waals surface area contributed by atoms with Crippen molar-refractivity contribution in [1.29, 1.82) is 0 Å². The average molecular weight is 366 g/mol. The van der Waals surface area contributed by atoms with E-state index in [2.05, 4.69) is 27.7 Å². The molecule has 0 heterocycles. The molecule has 2 N–H and O–H groups in total. The number of rotatable bonds is 16. The Hall–Kier alpha value is -0.170. The van der Waals surface area contributed by atoms with Crippen molar-refractivity contribution < 1.29 is 17.1 Å². The maximum absolute atomic E-state index is 12.3. The normalized spacial score (nSPS) is 14.0. The third-order valence-corrected chi connectivity index (χ3v) is 5.89. The van der Waals surface area contributed by atoms with Crippen LogP contribution in [0.2, 0.25) is 0 Å². The standard InChI is InChI=1S/C18H41N2O3S/c1-5-9-14-20(15-10-6-2,16-11-7-3)18(12-8-4)23-24(21,22)17-13-19/h18H,5-17,19H2,1-4H3/q+1. The van der Waals surface area contributed by atoms with Crippen molar-refractivity contribution in [3.63, 3.8) is 0 Å². The van der Waals surface area contributed by atoms with Gasteiger partial charge in [0.25, 0.3) is 10.1 Å². The fourth-order valence-electron chi connectivity index (χ4n) is 3.21. The summed E-state index contributed by atoms with van der Waals surface area (Å²) >= 11 is 0. The van der Waals surface area contributed by atoms with Crippen LogP contribution < -0.4 is 5.73 Å². The first-order valence-electron chi connectivity index (χ1n) is 9.88. The Morgan fingerprint density at radius 2 is 1.33 bits per heavy atom. The molecule has 5 nitrogen and oxygen atoms in total. The van der Waals surface area contributed by atoms with Gasteiger partial charge in [0.1, 0.15) is 0 Å². The molecule has 0 saturated carbocycles. The predicted octanol–water partition coefficient (Wildman–Crippen LogP) is 3.63. The Morgan fingerprint density at radius 3 is 1.67 bits per heavy atom. The van der Waals surface area contributed by atoms with E-state index in [1.165, 1.54) is 0 Å². The minimum absolute atomic E-state index is 0.0947. The summed E-state index contributed by atoms with van der Waals surface area (Å²) in [6.45, 7) is 11.8. The maximum Gasteiger partial charge on any atom is 0.273 e. The molecule has 0 radical (unpaired) electrons. The van der Waals surface area contributed by atoms with E-state index in [0.29, 0.717) is 0 Å². The number of nitrogens with two attached hydrogens (primary N) is 1. The lowest BCUT2D eigenvalue weighted by Crippen LogP contribution is -2.58. The number of hydrogen-bond donors (Lipinski definition) is 1. The molecule has 0 spiro atoms. The van der Waals surface area contributed by atoms with E-state index in [4.69, 9.17) is 9.92 Å². The smallest absolute Gasteiger partial charge is 0.273 e. The van der Waals surface area contributed by atoms with Gasteiger partial charge in [-0.15, -0.1) is 0 Å². The van der Waals surface area contributed by atoms with Crippen LogP contribution >= 0.6 is 0 Å². The first kappa shape index (κ1) is 23.8. The minimum Gasteiger partial charge on any atom is -0.329 e. The highest BCUT2D eigenvalue weighted by molar-refractivity contribution is 7.86. The van der Waals surface area contributed by atoms with Gasteiger partial charge in [-0.2, -0.15) is 8.42 Å². The van der Waals surface area contributed by atoms with E-state index in [0.717, 1.165) is 75.5 Å². The second-order valence-electron chi connectivity index (χ2n) is 6.84. The summed E-state index contributed by atoms with van der Waals surface area (Å²) in [5, 5.41) is 0. The van der Waals surface area contributed by atoms with Gasteiger partial charge in [-0.25, -0.2) is 4.18 Å². The van der Waals surface area contributed by atoms with Crippen LogP contribution in [0.1, 0.15) is 79.1 Å². The molecule has 0 amide bonds. The molecule has 24 heavy (non-hydrogen) atoms. The molecule has 0 aliphatic rings. The second kappa shape index (κ2) is 13.1. The third kappa shape index (κ3) is 8.79. The summed E-state index contributed by atoms with van der Waals surface area (Å²) in [4.78, 5) is 0. The monoisotopic (exact) mass is 365 g/mol. The largest absolute Gasteiger partial charge is 0.329 e. The van der Waals surface area contributed by atoms with Crippen molar-refractivity contribution in [3.05, 3.63) is 0 Å². The molecular weight excluding hydrogens is 324 g/mol. The van der Waals surface area contributed by atoms with Crippen LogP contribution in [-0.2, 0) is 14.3 Å². The summed E-state index contributed by atoms with van der Waals surface area (Å²) in [7, 11) is -3.55. The molecule has 0 saturated heterocycles. The first-order valence-corrected chi connectivity index (χ1v) is 11.5. The van der Waals surface area contributed by atoms with Crippen LogP contribution in [0.3, 0.4) is 0 Å². The highest BCUT2D eigenvalue weighted by Crippen LogP contribution is 2.25. The third-order valence-electron chi connectivity index (χ3n) is 4.64. The predicted molar refractivity (Wildman–Crippen MR) is 102 cm³/mol. The molecule has 0 fully saturated rings. The van der Waals surface area contributed by atoms with Crippen LogP contribution in [0, 0.1) is 0 Å². The van der Waals surface area contributed by atoms with E-state index < -0.39 is 10.1 Å². The Kier molecular flexibility index (Phi) is 13.0. The Balaban J connectivity index is 5.55. The molecular formula is C18H41N2O3S+. The highest BCUT2D eigenvalue weighted by Gasteiger charge is 2.38. The van der Waals surface area contributed by atoms with Gasteiger partial charge in [0.15, 0.2) is 0 Å². The summed E-state index contributed by atoms with van der Waals surface area (Å²) in [6, 6.07) is 0. The van der Waals surface area contributed by atoms with Gasteiger partial charge in [0.05, 0.1) is 25.4 Å². The zero-order valence-corrected chi connectivity index (χ0v) is 17.2. The summed E-state index contributed by atoms with van der Waals surface area (Å²) in [5.74, 6) is -0.0947. The summed E-state index contributed by atoms with van der Waals surface area (Å²) in [5.41, 5.74) is 5.45. The Bertz CT molecular complexity index is 377. The molecule has 0 bridgehead atoms. The quantitative estimate of drug-likeness (QED) is 0.258. The van der Waals surface area contributed by atoms with Crippen LogP contribution in [0.5, 0.6) is 0 Å². The fraction of sp³-hybridized carbons (Fsp3) is 1.00. The number of unbranched alkanes of at least 4 members (excludes halogenated alkanes) is 3. The zero-order valence-electron chi connectivity index (χ0n) is 16.4. The lowest BCUT2D eigenvalue weighted by atomic mass is 10.1. The molecule has 0 aromatic carbocycles. The number of hydrogen-bond acceptors (Lipinski definition) is 4. The van der Waals surface area contributed by atoms with Crippen molar-refractivity contribution in [2.75, 3.05) is 31.9 Å². The summed E-state index contributed by atoms with van der Waals surface area (Å²) in [6.07, 6.45) is 8.10. The summed E-state index contributed by atoms with van der Waals surface area (Å²) < 4.78 is 31.1. The lowest BCUT2D eigenvalue weighted by Gasteiger charge is -2.44. The van der Waals surface area contributed by atoms with Gasteiger partial charge >= 0.3 is 0 Å². The van der Waals surface area contributed by atoms with Gasteiger partial charge in [-0.05, 0) is 25.7 Å². The maximum atomic E-state index is 12.3. The molecule has 0 aliphatic heterocycles. The van der Waals surface area contributed by atoms with Crippen molar-refractivity contribution in [3.8, 4) is 0 Å². The van der Waals surface area contributed by atoms with Crippen molar-refractivity contribution >= 4 is 10.1 Å². The van der Waals surface area contributed by atoms with Crippen LogP contribution in [0.25, 0.3) is 0 Å². The Labute approximate surface area is 150 Å². The average Bonchev–Trinajstić information content (AvgIpc) is 2.54. The van der Waals surface area contributed by atoms with Gasteiger partial charge in [-0.3, -0.25) is 4.48 Å².